The molecule has 2 rings (SSSR count). The number of carboxylic acid groups (broad SMARTS) is 1. The Morgan fingerprint density at radius 2 is 1.74 bits per heavy atom. The van der Waals surface area contributed by atoms with Gasteiger partial charge in [-0.25, -0.2) is 9.59 Å². The number of nitrogens with zero attached hydrogens (tertiary/aromatic N) is 1. The van der Waals surface area contributed by atoms with E-state index >= 15 is 0 Å². The highest BCUT2D eigenvalue weighted by atomic mass is 32.2. The molecule has 2 atom stereocenters. The van der Waals surface area contributed by atoms with Crippen molar-refractivity contribution in [1.82, 2.24) is 4.90 Å². The van der Waals surface area contributed by atoms with Gasteiger partial charge in [-0.15, -0.1) is 11.8 Å². The summed E-state index contributed by atoms with van der Waals surface area (Å²) in [7, 11) is 0. The van der Waals surface area contributed by atoms with Crippen LogP contribution in [0.4, 0.5) is 4.79 Å². The predicted octanol–water partition coefficient (Wildman–Crippen LogP) is 5.52. The summed E-state index contributed by atoms with van der Waals surface area (Å²) in [6, 6.07) is 17.5. The van der Waals surface area contributed by atoms with Crippen LogP contribution in [0.25, 0.3) is 0 Å². The molecule has 0 aliphatic carbocycles. The fourth-order valence-electron chi connectivity index (χ4n) is 3.21. The Labute approximate surface area is 212 Å². The molecule has 0 radical (unpaired) electrons. The summed E-state index contributed by atoms with van der Waals surface area (Å²) < 4.78 is 16.7. The highest BCUT2D eigenvalue weighted by Gasteiger charge is 2.19. The quantitative estimate of drug-likeness (QED) is 0.239. The van der Waals surface area contributed by atoms with Crippen LogP contribution in [-0.4, -0.2) is 66.3 Å². The third kappa shape index (κ3) is 11.0. The standard InChI is InChI=1S/C27H37NO6S/c1-4-21(3)34-27(31)28(16-9-19-35-24-10-7-6-8-11-24)17-18-33-23-14-12-22(13-15-23)20-25(26(29)30)32-5-2/h6-8,10-15,21,25H,4-5,9,16-20H2,1-3H3,(H,29,30). The van der Waals surface area contributed by atoms with E-state index in [0.29, 0.717) is 38.5 Å². The van der Waals surface area contributed by atoms with Gasteiger partial charge in [-0.2, -0.15) is 0 Å². The molecule has 0 saturated heterocycles. The fraction of sp³-hybridized carbons (Fsp3) is 0.481. The van der Waals surface area contributed by atoms with E-state index in [4.69, 9.17) is 14.2 Å². The third-order valence-electron chi connectivity index (χ3n) is 5.34. The van der Waals surface area contributed by atoms with Crippen LogP contribution < -0.4 is 4.74 Å². The molecule has 0 spiro atoms. The first-order chi connectivity index (χ1) is 16.9. The van der Waals surface area contributed by atoms with Gasteiger partial charge in [-0.1, -0.05) is 37.3 Å². The number of amides is 1. The van der Waals surface area contributed by atoms with Crippen molar-refractivity contribution < 1.29 is 28.9 Å². The molecule has 2 aromatic rings. The summed E-state index contributed by atoms with van der Waals surface area (Å²) in [6.07, 6.45) is 0.575. The van der Waals surface area contributed by atoms with Gasteiger partial charge in [0.15, 0.2) is 6.10 Å². The fourth-order valence-corrected chi connectivity index (χ4v) is 4.07. The van der Waals surface area contributed by atoms with Gasteiger partial charge < -0.3 is 24.2 Å². The monoisotopic (exact) mass is 503 g/mol. The van der Waals surface area contributed by atoms with Crippen LogP contribution in [-0.2, 0) is 20.7 Å². The second-order valence-corrected chi connectivity index (χ2v) is 9.25. The van der Waals surface area contributed by atoms with Gasteiger partial charge in [0.05, 0.1) is 6.54 Å². The van der Waals surface area contributed by atoms with Crippen molar-refractivity contribution in [2.45, 2.75) is 57.1 Å². The zero-order valence-electron chi connectivity index (χ0n) is 20.9. The van der Waals surface area contributed by atoms with Gasteiger partial charge in [0, 0.05) is 24.5 Å². The lowest BCUT2D eigenvalue weighted by molar-refractivity contribution is -0.149. The molecular formula is C27H37NO6S. The first-order valence-electron chi connectivity index (χ1n) is 12.1. The number of benzene rings is 2. The molecule has 0 bridgehead atoms. The Bertz CT molecular complexity index is 877. The lowest BCUT2D eigenvalue weighted by Gasteiger charge is -2.24. The summed E-state index contributed by atoms with van der Waals surface area (Å²) in [5.41, 5.74) is 0.855. The minimum absolute atomic E-state index is 0.136. The van der Waals surface area contributed by atoms with Crippen molar-refractivity contribution in [1.29, 1.82) is 0 Å². The molecule has 1 N–H and O–H groups in total. The predicted molar refractivity (Wildman–Crippen MR) is 138 cm³/mol. The first kappa shape index (κ1) is 28.5. The lowest BCUT2D eigenvalue weighted by Crippen LogP contribution is -2.37. The smallest absolute Gasteiger partial charge is 0.410 e. The van der Waals surface area contributed by atoms with Crippen LogP contribution in [0, 0.1) is 0 Å². The van der Waals surface area contributed by atoms with Crippen LogP contribution >= 0.6 is 11.8 Å². The van der Waals surface area contributed by atoms with E-state index in [1.807, 2.05) is 44.2 Å². The zero-order valence-corrected chi connectivity index (χ0v) is 21.7. The van der Waals surface area contributed by atoms with Crippen molar-refractivity contribution in [3.05, 3.63) is 60.2 Å². The summed E-state index contributed by atoms with van der Waals surface area (Å²) in [6.45, 7) is 7.33. The minimum atomic E-state index is -0.973. The summed E-state index contributed by atoms with van der Waals surface area (Å²) in [5, 5.41) is 9.25. The van der Waals surface area contributed by atoms with E-state index < -0.39 is 12.1 Å². The first-order valence-corrected chi connectivity index (χ1v) is 13.1. The van der Waals surface area contributed by atoms with Crippen LogP contribution in [0.2, 0.25) is 0 Å². The van der Waals surface area contributed by atoms with E-state index in [0.717, 1.165) is 24.2 Å². The van der Waals surface area contributed by atoms with Crippen LogP contribution in [0.1, 0.15) is 39.2 Å². The van der Waals surface area contributed by atoms with E-state index in [2.05, 4.69) is 12.1 Å². The zero-order chi connectivity index (χ0) is 25.5. The molecule has 192 valence electrons. The summed E-state index contributed by atoms with van der Waals surface area (Å²) >= 11 is 1.77. The molecule has 2 aromatic carbocycles. The molecule has 2 unspecified atom stereocenters. The molecule has 1 amide bonds. The average Bonchev–Trinajstić information content (AvgIpc) is 2.86. The highest BCUT2D eigenvalue weighted by molar-refractivity contribution is 7.99. The lowest BCUT2D eigenvalue weighted by atomic mass is 10.1. The molecule has 0 aliphatic heterocycles. The van der Waals surface area contributed by atoms with Gasteiger partial charge in [-0.3, -0.25) is 0 Å². The van der Waals surface area contributed by atoms with Crippen molar-refractivity contribution >= 4 is 23.8 Å². The number of hydrogen-bond donors (Lipinski definition) is 1. The van der Waals surface area contributed by atoms with Crippen LogP contribution in [0.3, 0.4) is 0 Å². The van der Waals surface area contributed by atoms with E-state index in [-0.39, 0.29) is 12.2 Å². The highest BCUT2D eigenvalue weighted by Crippen LogP contribution is 2.18. The topological polar surface area (TPSA) is 85.3 Å². The summed E-state index contributed by atoms with van der Waals surface area (Å²) in [5.74, 6) is 0.587. The van der Waals surface area contributed by atoms with Gasteiger partial charge in [0.1, 0.15) is 18.5 Å². The average molecular weight is 504 g/mol. The molecule has 35 heavy (non-hydrogen) atoms. The van der Waals surface area contributed by atoms with Crippen molar-refractivity contribution in [2.24, 2.45) is 0 Å². The Kier molecular flexibility index (Phi) is 13.1. The maximum atomic E-state index is 12.7. The molecule has 0 aliphatic rings. The Balaban J connectivity index is 1.84. The van der Waals surface area contributed by atoms with Gasteiger partial charge >= 0.3 is 12.1 Å². The summed E-state index contributed by atoms with van der Waals surface area (Å²) in [4.78, 5) is 26.8. The van der Waals surface area contributed by atoms with E-state index in [9.17, 15) is 14.7 Å². The second kappa shape index (κ2) is 16.1. The molecule has 7 nitrogen and oxygen atoms in total. The number of aliphatic carboxylic acids is 1. The Morgan fingerprint density at radius 3 is 2.37 bits per heavy atom. The third-order valence-corrected chi connectivity index (χ3v) is 6.44. The molecule has 0 heterocycles. The Morgan fingerprint density at radius 1 is 1.03 bits per heavy atom. The van der Waals surface area contributed by atoms with Gasteiger partial charge in [0.2, 0.25) is 0 Å². The Hall–Kier alpha value is -2.71. The number of carbonyl (C=O) groups is 2. The van der Waals surface area contributed by atoms with E-state index in [1.165, 1.54) is 4.90 Å². The molecule has 0 saturated carbocycles. The molecular weight excluding hydrogens is 466 g/mol. The maximum absolute atomic E-state index is 12.7. The number of thioether (sulfide) groups is 1. The molecule has 0 aromatic heterocycles. The maximum Gasteiger partial charge on any atom is 0.410 e. The molecule has 0 fully saturated rings. The minimum Gasteiger partial charge on any atom is -0.492 e. The van der Waals surface area contributed by atoms with Crippen LogP contribution in [0.5, 0.6) is 5.75 Å². The number of rotatable bonds is 16. The number of ether oxygens (including phenoxy) is 3. The second-order valence-electron chi connectivity index (χ2n) is 8.08. The SMILES string of the molecule is CCOC(Cc1ccc(OCCN(CCCSc2ccccc2)C(=O)OC(C)CC)cc1)C(=O)O. The van der Waals surface area contributed by atoms with Gasteiger partial charge in [0.25, 0.3) is 0 Å². The normalized spacial score (nSPS) is 12.5. The van der Waals surface area contributed by atoms with Crippen molar-refractivity contribution in [2.75, 3.05) is 32.1 Å². The number of carbonyl (C=O) groups excluding carboxylic acids is 1. The van der Waals surface area contributed by atoms with E-state index in [1.54, 1.807) is 35.7 Å². The van der Waals surface area contributed by atoms with Crippen molar-refractivity contribution in [3.63, 3.8) is 0 Å². The molecule has 8 heteroatoms. The van der Waals surface area contributed by atoms with Gasteiger partial charge in [-0.05, 0) is 62.3 Å². The number of carboxylic acids is 1. The number of hydrogen-bond acceptors (Lipinski definition) is 6. The largest absolute Gasteiger partial charge is 0.492 e. The van der Waals surface area contributed by atoms with Crippen LogP contribution in [0.15, 0.2) is 59.5 Å². The van der Waals surface area contributed by atoms with Crippen molar-refractivity contribution in [3.8, 4) is 5.75 Å².